The van der Waals surface area contributed by atoms with Crippen LogP contribution in [0.3, 0.4) is 0 Å². The topological polar surface area (TPSA) is 82.5 Å². The fourth-order valence-electron chi connectivity index (χ4n) is 2.58. The van der Waals surface area contributed by atoms with Gasteiger partial charge in [-0.25, -0.2) is 0 Å². The van der Waals surface area contributed by atoms with Crippen LogP contribution in [0.5, 0.6) is 0 Å². The number of aryl methyl sites for hydroxylation is 1. The summed E-state index contributed by atoms with van der Waals surface area (Å²) in [5, 5.41) is 7.90. The van der Waals surface area contributed by atoms with Gasteiger partial charge in [-0.05, 0) is 31.2 Å². The third-order valence-corrected chi connectivity index (χ3v) is 3.74. The molecule has 10 heteroatoms. The van der Waals surface area contributed by atoms with Crippen LogP contribution in [0.2, 0.25) is 0 Å². The SMILES string of the molecule is CCn1nc(-c2cc(-c3noc(C(F)(F)F)n3)ccn2)c2ncccc21. The first-order chi connectivity index (χ1) is 12.5. The van der Waals surface area contributed by atoms with E-state index in [2.05, 4.69) is 29.7 Å². The van der Waals surface area contributed by atoms with Gasteiger partial charge in [-0.1, -0.05) is 5.16 Å². The molecule has 0 amide bonds. The maximum Gasteiger partial charge on any atom is 0.471 e. The molecule has 4 rings (SSSR count). The molecule has 0 bridgehead atoms. The van der Waals surface area contributed by atoms with Crippen molar-refractivity contribution in [2.45, 2.75) is 19.6 Å². The van der Waals surface area contributed by atoms with Gasteiger partial charge in [0.2, 0.25) is 5.82 Å². The third-order valence-electron chi connectivity index (χ3n) is 3.74. The molecular weight excluding hydrogens is 349 g/mol. The lowest BCUT2D eigenvalue weighted by Crippen LogP contribution is -2.04. The summed E-state index contributed by atoms with van der Waals surface area (Å²) in [5.41, 5.74) is 2.82. The molecule has 4 aromatic rings. The number of aromatic nitrogens is 6. The van der Waals surface area contributed by atoms with E-state index in [9.17, 15) is 13.2 Å². The minimum atomic E-state index is -4.69. The van der Waals surface area contributed by atoms with Gasteiger partial charge in [-0.2, -0.15) is 23.3 Å². The van der Waals surface area contributed by atoms with Gasteiger partial charge < -0.3 is 4.52 Å². The molecule has 132 valence electrons. The molecule has 0 N–H and O–H groups in total. The van der Waals surface area contributed by atoms with E-state index in [0.29, 0.717) is 29.0 Å². The van der Waals surface area contributed by atoms with Crippen LogP contribution in [0.1, 0.15) is 12.8 Å². The van der Waals surface area contributed by atoms with E-state index in [1.54, 1.807) is 16.9 Å². The van der Waals surface area contributed by atoms with Gasteiger partial charge in [0.15, 0.2) is 0 Å². The summed E-state index contributed by atoms with van der Waals surface area (Å²) in [7, 11) is 0. The fraction of sp³-hybridized carbons (Fsp3) is 0.188. The van der Waals surface area contributed by atoms with Crippen molar-refractivity contribution >= 4 is 11.0 Å². The second kappa shape index (κ2) is 5.90. The standard InChI is InChI=1S/C16H11F3N6O/c1-2-25-11-4-3-6-21-13(11)12(23-25)10-8-9(5-7-20-10)14-22-15(26-24-14)16(17,18)19/h3-8H,2H2,1H3. The normalized spacial score (nSPS) is 12.0. The Hall–Kier alpha value is -3.30. The number of fused-ring (bicyclic) bond motifs is 1. The van der Waals surface area contributed by atoms with Gasteiger partial charge in [0.25, 0.3) is 0 Å². The first-order valence-corrected chi connectivity index (χ1v) is 7.66. The molecule has 0 aliphatic rings. The molecule has 0 fully saturated rings. The van der Waals surface area contributed by atoms with E-state index in [0.717, 1.165) is 5.52 Å². The van der Waals surface area contributed by atoms with Crippen LogP contribution >= 0.6 is 0 Å². The van der Waals surface area contributed by atoms with Crippen molar-refractivity contribution < 1.29 is 17.7 Å². The van der Waals surface area contributed by atoms with E-state index in [1.807, 2.05) is 19.1 Å². The molecular formula is C16H11F3N6O. The Morgan fingerprint density at radius 2 is 2.00 bits per heavy atom. The summed E-state index contributed by atoms with van der Waals surface area (Å²) in [4.78, 5) is 12.0. The van der Waals surface area contributed by atoms with Gasteiger partial charge >= 0.3 is 12.1 Å². The number of halogens is 3. The van der Waals surface area contributed by atoms with Crippen LogP contribution in [-0.4, -0.2) is 29.9 Å². The average molecular weight is 360 g/mol. The van der Waals surface area contributed by atoms with Crippen LogP contribution in [-0.2, 0) is 12.7 Å². The van der Waals surface area contributed by atoms with Crippen molar-refractivity contribution in [1.29, 1.82) is 0 Å². The van der Waals surface area contributed by atoms with Crippen molar-refractivity contribution in [2.75, 3.05) is 0 Å². The molecule has 7 nitrogen and oxygen atoms in total. The van der Waals surface area contributed by atoms with Crippen LogP contribution in [0, 0.1) is 0 Å². The molecule has 0 aromatic carbocycles. The highest BCUT2D eigenvalue weighted by Gasteiger charge is 2.38. The Morgan fingerprint density at radius 1 is 1.15 bits per heavy atom. The molecule has 0 aliphatic heterocycles. The molecule has 0 aliphatic carbocycles. The molecule has 0 radical (unpaired) electrons. The van der Waals surface area contributed by atoms with E-state index in [1.165, 1.54) is 12.3 Å². The summed E-state index contributed by atoms with van der Waals surface area (Å²) >= 11 is 0. The van der Waals surface area contributed by atoms with Crippen LogP contribution in [0.15, 0.2) is 41.2 Å². The Kier molecular flexibility index (Phi) is 3.67. The van der Waals surface area contributed by atoms with Gasteiger partial charge in [0.1, 0.15) is 11.2 Å². The van der Waals surface area contributed by atoms with Crippen LogP contribution in [0.25, 0.3) is 33.8 Å². The highest BCUT2D eigenvalue weighted by molar-refractivity contribution is 5.89. The van der Waals surface area contributed by atoms with E-state index in [4.69, 9.17) is 0 Å². The van der Waals surface area contributed by atoms with Crippen LogP contribution in [0.4, 0.5) is 13.2 Å². The van der Waals surface area contributed by atoms with Crippen molar-refractivity contribution in [2.24, 2.45) is 0 Å². The highest BCUT2D eigenvalue weighted by atomic mass is 19.4. The fourth-order valence-corrected chi connectivity index (χ4v) is 2.58. The molecule has 0 atom stereocenters. The monoisotopic (exact) mass is 360 g/mol. The lowest BCUT2D eigenvalue weighted by atomic mass is 10.1. The number of alkyl halides is 3. The first kappa shape index (κ1) is 16.2. The number of nitrogens with zero attached hydrogens (tertiary/aromatic N) is 6. The minimum absolute atomic E-state index is 0.173. The first-order valence-electron chi connectivity index (χ1n) is 7.66. The molecule has 0 unspecified atom stereocenters. The Morgan fingerprint density at radius 3 is 2.73 bits per heavy atom. The van der Waals surface area contributed by atoms with E-state index in [-0.39, 0.29) is 5.82 Å². The molecule has 0 spiro atoms. The Labute approximate surface area is 144 Å². The molecule has 26 heavy (non-hydrogen) atoms. The largest absolute Gasteiger partial charge is 0.471 e. The second-order valence-electron chi connectivity index (χ2n) is 5.39. The van der Waals surface area contributed by atoms with Gasteiger partial charge in [0.05, 0.1) is 11.2 Å². The zero-order valence-corrected chi connectivity index (χ0v) is 13.4. The lowest BCUT2D eigenvalue weighted by Gasteiger charge is -1.99. The van der Waals surface area contributed by atoms with Gasteiger partial charge in [-0.15, -0.1) is 0 Å². The zero-order chi connectivity index (χ0) is 18.3. The quantitative estimate of drug-likeness (QED) is 0.555. The van der Waals surface area contributed by atoms with Crippen LogP contribution < -0.4 is 0 Å². The van der Waals surface area contributed by atoms with Crippen molar-refractivity contribution in [1.82, 2.24) is 29.9 Å². The van der Waals surface area contributed by atoms with Crippen molar-refractivity contribution in [3.63, 3.8) is 0 Å². The van der Waals surface area contributed by atoms with E-state index >= 15 is 0 Å². The molecule has 0 saturated heterocycles. The highest BCUT2D eigenvalue weighted by Crippen LogP contribution is 2.31. The van der Waals surface area contributed by atoms with Crippen molar-refractivity contribution in [3.8, 4) is 22.8 Å². The Bertz CT molecular complexity index is 1080. The minimum Gasteiger partial charge on any atom is -0.329 e. The number of hydrogen-bond acceptors (Lipinski definition) is 6. The number of pyridine rings is 2. The summed E-state index contributed by atoms with van der Waals surface area (Å²) in [6.45, 7) is 2.59. The second-order valence-corrected chi connectivity index (χ2v) is 5.39. The maximum absolute atomic E-state index is 12.6. The zero-order valence-electron chi connectivity index (χ0n) is 13.4. The van der Waals surface area contributed by atoms with E-state index < -0.39 is 12.1 Å². The maximum atomic E-state index is 12.6. The third kappa shape index (κ3) is 2.68. The molecule has 4 heterocycles. The summed E-state index contributed by atoms with van der Waals surface area (Å²) in [6.07, 6.45) is -1.60. The van der Waals surface area contributed by atoms with Gasteiger partial charge in [0, 0.05) is 24.5 Å². The number of rotatable bonds is 3. The summed E-state index contributed by atoms with van der Waals surface area (Å²) in [6, 6.07) is 6.76. The summed E-state index contributed by atoms with van der Waals surface area (Å²) in [5.74, 6) is -1.57. The average Bonchev–Trinajstić information content (AvgIpc) is 3.27. The van der Waals surface area contributed by atoms with Crippen molar-refractivity contribution in [3.05, 3.63) is 42.5 Å². The predicted octanol–water partition coefficient (Wildman–Crippen LogP) is 3.58. The molecule has 0 saturated carbocycles. The smallest absolute Gasteiger partial charge is 0.329 e. The number of hydrogen-bond donors (Lipinski definition) is 0. The lowest BCUT2D eigenvalue weighted by molar-refractivity contribution is -0.159. The Balaban J connectivity index is 1.81. The van der Waals surface area contributed by atoms with Gasteiger partial charge in [-0.3, -0.25) is 14.6 Å². The predicted molar refractivity (Wildman–Crippen MR) is 84.7 cm³/mol. The summed E-state index contributed by atoms with van der Waals surface area (Å²) < 4.78 is 44.0. The molecule has 4 aromatic heterocycles.